The van der Waals surface area contributed by atoms with Gasteiger partial charge in [0.15, 0.2) is 0 Å². The Hall–Kier alpha value is -0.0800. The molecule has 1 aliphatic carbocycles. The fraction of sp³-hybridized carbons (Fsp3) is 1.00. The molecule has 106 valence electrons. The van der Waals surface area contributed by atoms with Gasteiger partial charge in [-0.1, -0.05) is 32.6 Å². The summed E-state index contributed by atoms with van der Waals surface area (Å²) in [7, 11) is 0. The molecule has 1 heterocycles. The van der Waals surface area contributed by atoms with Gasteiger partial charge < -0.3 is 10.2 Å². The summed E-state index contributed by atoms with van der Waals surface area (Å²) in [6.45, 7) is 6.18. The zero-order valence-corrected chi connectivity index (χ0v) is 12.3. The number of nitrogens with one attached hydrogen (secondary N) is 1. The number of nitrogens with zero attached hydrogens (tertiary/aromatic N) is 1. The van der Waals surface area contributed by atoms with E-state index in [0.717, 1.165) is 12.1 Å². The van der Waals surface area contributed by atoms with Crippen LogP contribution in [0.3, 0.4) is 0 Å². The highest BCUT2D eigenvalue weighted by Gasteiger charge is 2.20. The van der Waals surface area contributed by atoms with E-state index < -0.39 is 0 Å². The zero-order chi connectivity index (χ0) is 12.6. The average molecular weight is 252 g/mol. The van der Waals surface area contributed by atoms with Gasteiger partial charge in [-0.05, 0) is 58.2 Å². The van der Waals surface area contributed by atoms with Crippen LogP contribution < -0.4 is 5.32 Å². The minimum Gasteiger partial charge on any atom is -0.314 e. The highest BCUT2D eigenvalue weighted by atomic mass is 15.1. The van der Waals surface area contributed by atoms with Crippen molar-refractivity contribution in [2.24, 2.45) is 0 Å². The minimum atomic E-state index is 0.823. The molecule has 1 atom stereocenters. The summed E-state index contributed by atoms with van der Waals surface area (Å²) in [5.74, 6) is 0. The summed E-state index contributed by atoms with van der Waals surface area (Å²) in [5.41, 5.74) is 0. The van der Waals surface area contributed by atoms with E-state index in [0.29, 0.717) is 0 Å². The van der Waals surface area contributed by atoms with Crippen LogP contribution >= 0.6 is 0 Å². The summed E-state index contributed by atoms with van der Waals surface area (Å²) in [6, 6.07) is 1.73. The lowest BCUT2D eigenvalue weighted by atomic mass is 9.93. The van der Waals surface area contributed by atoms with Crippen molar-refractivity contribution in [2.75, 3.05) is 19.6 Å². The predicted octanol–water partition coefficient (Wildman–Crippen LogP) is 3.56. The Balaban J connectivity index is 1.63. The number of rotatable bonds is 6. The first-order chi connectivity index (χ1) is 8.90. The molecule has 0 aromatic rings. The van der Waals surface area contributed by atoms with E-state index in [4.69, 9.17) is 0 Å². The second-order valence-corrected chi connectivity index (χ2v) is 6.21. The van der Waals surface area contributed by atoms with E-state index >= 15 is 0 Å². The van der Waals surface area contributed by atoms with Crippen LogP contribution in [-0.2, 0) is 0 Å². The first-order valence-corrected chi connectivity index (χ1v) is 8.37. The molecule has 0 aromatic carbocycles. The van der Waals surface area contributed by atoms with Gasteiger partial charge in [0, 0.05) is 12.1 Å². The topological polar surface area (TPSA) is 15.3 Å². The molecule has 1 aliphatic heterocycles. The lowest BCUT2D eigenvalue weighted by Crippen LogP contribution is -2.39. The summed E-state index contributed by atoms with van der Waals surface area (Å²) < 4.78 is 0. The van der Waals surface area contributed by atoms with Crippen LogP contribution in [0, 0.1) is 0 Å². The Morgan fingerprint density at radius 2 is 1.78 bits per heavy atom. The zero-order valence-electron chi connectivity index (χ0n) is 12.3. The second kappa shape index (κ2) is 8.16. The third kappa shape index (κ3) is 4.55. The van der Waals surface area contributed by atoms with Crippen LogP contribution in [0.2, 0.25) is 0 Å². The van der Waals surface area contributed by atoms with Gasteiger partial charge in [0.2, 0.25) is 0 Å². The van der Waals surface area contributed by atoms with Crippen molar-refractivity contribution < 1.29 is 0 Å². The van der Waals surface area contributed by atoms with Crippen LogP contribution in [-0.4, -0.2) is 36.6 Å². The van der Waals surface area contributed by atoms with Crippen molar-refractivity contribution in [1.82, 2.24) is 10.2 Å². The smallest absolute Gasteiger partial charge is 0.00951 e. The first kappa shape index (κ1) is 14.3. The molecule has 0 bridgehead atoms. The van der Waals surface area contributed by atoms with Crippen LogP contribution in [0.5, 0.6) is 0 Å². The maximum absolute atomic E-state index is 3.67. The molecule has 1 N–H and O–H groups in total. The molecule has 0 spiro atoms. The maximum atomic E-state index is 3.67. The molecule has 2 nitrogen and oxygen atoms in total. The fourth-order valence-electron chi connectivity index (χ4n) is 3.76. The van der Waals surface area contributed by atoms with Gasteiger partial charge in [0.25, 0.3) is 0 Å². The van der Waals surface area contributed by atoms with E-state index in [-0.39, 0.29) is 0 Å². The molecular weight excluding hydrogens is 220 g/mol. The maximum Gasteiger partial charge on any atom is 0.00951 e. The molecule has 1 saturated carbocycles. The van der Waals surface area contributed by atoms with E-state index in [2.05, 4.69) is 17.1 Å². The Labute approximate surface area is 114 Å². The van der Waals surface area contributed by atoms with Gasteiger partial charge in [-0.2, -0.15) is 0 Å². The standard InChI is InChI=1S/C16H32N2/c1-2-18(16-11-4-3-5-12-16)14-8-10-15-9-6-7-13-17-15/h15-17H,2-14H2,1H3. The monoisotopic (exact) mass is 252 g/mol. The quantitative estimate of drug-likeness (QED) is 0.777. The number of piperidine rings is 1. The van der Waals surface area contributed by atoms with Gasteiger partial charge in [0.1, 0.15) is 0 Å². The third-order valence-electron chi connectivity index (χ3n) is 4.91. The second-order valence-electron chi connectivity index (χ2n) is 6.21. The summed E-state index contributed by atoms with van der Waals surface area (Å²) in [5, 5.41) is 3.67. The third-order valence-corrected chi connectivity index (χ3v) is 4.91. The highest BCUT2D eigenvalue weighted by Crippen LogP contribution is 2.23. The minimum absolute atomic E-state index is 0.823. The van der Waals surface area contributed by atoms with Crippen molar-refractivity contribution in [3.05, 3.63) is 0 Å². The molecule has 18 heavy (non-hydrogen) atoms. The van der Waals surface area contributed by atoms with Crippen molar-refractivity contribution in [3.8, 4) is 0 Å². The molecule has 0 amide bonds. The van der Waals surface area contributed by atoms with Crippen LogP contribution in [0.4, 0.5) is 0 Å². The molecule has 0 radical (unpaired) electrons. The van der Waals surface area contributed by atoms with Gasteiger partial charge >= 0.3 is 0 Å². The normalized spacial score (nSPS) is 26.7. The SMILES string of the molecule is CCN(CCCC1CCCCN1)C1CCCCC1. The number of hydrogen-bond donors (Lipinski definition) is 1. The van der Waals surface area contributed by atoms with Crippen molar-refractivity contribution in [3.63, 3.8) is 0 Å². The molecule has 0 aromatic heterocycles. The predicted molar refractivity (Wildman–Crippen MR) is 79.0 cm³/mol. The van der Waals surface area contributed by atoms with E-state index in [1.807, 2.05) is 0 Å². The van der Waals surface area contributed by atoms with Crippen molar-refractivity contribution >= 4 is 0 Å². The molecule has 2 fully saturated rings. The molecule has 2 aliphatic rings. The molecule has 2 rings (SSSR count). The van der Waals surface area contributed by atoms with E-state index in [1.54, 1.807) is 0 Å². The van der Waals surface area contributed by atoms with E-state index in [9.17, 15) is 0 Å². The Morgan fingerprint density at radius 3 is 2.44 bits per heavy atom. The lowest BCUT2D eigenvalue weighted by molar-refractivity contribution is 0.158. The van der Waals surface area contributed by atoms with Gasteiger partial charge in [-0.15, -0.1) is 0 Å². The Kier molecular flexibility index (Phi) is 6.50. The van der Waals surface area contributed by atoms with Crippen LogP contribution in [0.1, 0.15) is 71.1 Å². The van der Waals surface area contributed by atoms with Crippen LogP contribution in [0.25, 0.3) is 0 Å². The number of hydrogen-bond acceptors (Lipinski definition) is 2. The van der Waals surface area contributed by atoms with Gasteiger partial charge in [-0.25, -0.2) is 0 Å². The summed E-state index contributed by atoms with van der Waals surface area (Å²) in [6.07, 6.45) is 14.3. The molecule has 1 saturated heterocycles. The van der Waals surface area contributed by atoms with E-state index in [1.165, 1.54) is 83.8 Å². The molecule has 1 unspecified atom stereocenters. The summed E-state index contributed by atoms with van der Waals surface area (Å²) >= 11 is 0. The highest BCUT2D eigenvalue weighted by molar-refractivity contribution is 4.77. The Morgan fingerprint density at radius 1 is 1.00 bits per heavy atom. The van der Waals surface area contributed by atoms with Crippen molar-refractivity contribution in [2.45, 2.75) is 83.2 Å². The first-order valence-electron chi connectivity index (χ1n) is 8.37. The Bertz CT molecular complexity index is 205. The van der Waals surface area contributed by atoms with Crippen molar-refractivity contribution in [1.29, 1.82) is 0 Å². The summed E-state index contributed by atoms with van der Waals surface area (Å²) in [4.78, 5) is 2.75. The van der Waals surface area contributed by atoms with Crippen LogP contribution in [0.15, 0.2) is 0 Å². The molecule has 2 heteroatoms. The largest absolute Gasteiger partial charge is 0.314 e. The lowest BCUT2D eigenvalue weighted by Gasteiger charge is -2.34. The van der Waals surface area contributed by atoms with Gasteiger partial charge in [-0.3, -0.25) is 0 Å². The molecular formula is C16H32N2. The van der Waals surface area contributed by atoms with Gasteiger partial charge in [0.05, 0.1) is 0 Å². The fourth-order valence-corrected chi connectivity index (χ4v) is 3.76. The average Bonchev–Trinajstić information content (AvgIpc) is 2.46.